The molecule has 1 aromatic carbocycles. The summed E-state index contributed by atoms with van der Waals surface area (Å²) in [5.41, 5.74) is 2.01. The minimum absolute atomic E-state index is 0.103. The number of aromatic nitrogens is 2. The standard InChI is InChI=1S/C17H18ClN3O3S/c1-9(15(22)19-13-8-10(18)6-7-14(13)24-2)25-17-20-12-5-3-4-11(12)16(23)21-17/h6-9H,3-5H2,1-2H3,(H,19,22)(H,20,21,23)/t9-/m0/s1. The van der Waals surface area contributed by atoms with Gasteiger partial charge in [0.05, 0.1) is 23.7 Å². The van der Waals surface area contributed by atoms with Gasteiger partial charge in [0.2, 0.25) is 5.91 Å². The fraction of sp³-hybridized carbons (Fsp3) is 0.353. The summed E-state index contributed by atoms with van der Waals surface area (Å²) in [4.78, 5) is 31.8. The number of nitrogens with one attached hydrogen (secondary N) is 2. The second-order valence-corrected chi connectivity index (χ2v) is 7.51. The van der Waals surface area contributed by atoms with Crippen LogP contribution in [0.5, 0.6) is 5.75 Å². The first-order chi connectivity index (χ1) is 12.0. The summed E-state index contributed by atoms with van der Waals surface area (Å²) >= 11 is 7.19. The van der Waals surface area contributed by atoms with Crippen LogP contribution in [0.25, 0.3) is 0 Å². The molecule has 3 rings (SSSR count). The maximum atomic E-state index is 12.5. The van der Waals surface area contributed by atoms with E-state index in [0.29, 0.717) is 21.6 Å². The highest BCUT2D eigenvalue weighted by Gasteiger charge is 2.21. The average Bonchev–Trinajstić information content (AvgIpc) is 3.04. The van der Waals surface area contributed by atoms with Gasteiger partial charge in [0.15, 0.2) is 5.16 Å². The Morgan fingerprint density at radius 2 is 2.24 bits per heavy atom. The van der Waals surface area contributed by atoms with Gasteiger partial charge in [-0.2, -0.15) is 0 Å². The maximum absolute atomic E-state index is 12.5. The zero-order valence-corrected chi connectivity index (χ0v) is 15.5. The van der Waals surface area contributed by atoms with Crippen LogP contribution in [-0.2, 0) is 17.6 Å². The topological polar surface area (TPSA) is 84.1 Å². The van der Waals surface area contributed by atoms with Crippen molar-refractivity contribution in [2.75, 3.05) is 12.4 Å². The lowest BCUT2D eigenvalue weighted by molar-refractivity contribution is -0.115. The molecular weight excluding hydrogens is 362 g/mol. The van der Waals surface area contributed by atoms with E-state index in [2.05, 4.69) is 15.3 Å². The minimum atomic E-state index is -0.453. The Hall–Kier alpha value is -1.99. The summed E-state index contributed by atoms with van der Waals surface area (Å²) in [5, 5.41) is 3.31. The van der Waals surface area contributed by atoms with Crippen molar-refractivity contribution in [1.29, 1.82) is 0 Å². The molecule has 1 amide bonds. The summed E-state index contributed by atoms with van der Waals surface area (Å²) in [6.45, 7) is 1.75. The third kappa shape index (κ3) is 3.99. The van der Waals surface area contributed by atoms with Crippen LogP contribution >= 0.6 is 23.4 Å². The molecule has 2 aromatic rings. The molecule has 0 saturated carbocycles. The van der Waals surface area contributed by atoms with Gasteiger partial charge in [-0.05, 0) is 44.4 Å². The van der Waals surface area contributed by atoms with E-state index in [-0.39, 0.29) is 11.5 Å². The van der Waals surface area contributed by atoms with E-state index in [0.717, 1.165) is 30.5 Å². The molecule has 0 saturated heterocycles. The number of nitrogens with zero attached hydrogens (tertiary/aromatic N) is 1. The predicted octanol–water partition coefficient (Wildman–Crippen LogP) is 3.04. The van der Waals surface area contributed by atoms with Crippen molar-refractivity contribution in [2.24, 2.45) is 0 Å². The van der Waals surface area contributed by atoms with Crippen molar-refractivity contribution < 1.29 is 9.53 Å². The smallest absolute Gasteiger partial charge is 0.254 e. The van der Waals surface area contributed by atoms with Crippen LogP contribution < -0.4 is 15.6 Å². The highest BCUT2D eigenvalue weighted by Crippen LogP contribution is 2.29. The van der Waals surface area contributed by atoms with Gasteiger partial charge in [-0.1, -0.05) is 23.4 Å². The van der Waals surface area contributed by atoms with Crippen LogP contribution in [0.15, 0.2) is 28.2 Å². The number of fused-ring (bicyclic) bond motifs is 1. The number of rotatable bonds is 5. The van der Waals surface area contributed by atoms with Crippen LogP contribution in [0.4, 0.5) is 5.69 Å². The second kappa shape index (κ2) is 7.49. The molecule has 1 aliphatic rings. The highest BCUT2D eigenvalue weighted by molar-refractivity contribution is 8.00. The molecule has 0 bridgehead atoms. The van der Waals surface area contributed by atoms with Crippen molar-refractivity contribution in [3.63, 3.8) is 0 Å². The van der Waals surface area contributed by atoms with Crippen molar-refractivity contribution in [3.05, 3.63) is 44.8 Å². The van der Waals surface area contributed by atoms with Gasteiger partial charge in [-0.3, -0.25) is 9.59 Å². The van der Waals surface area contributed by atoms with Crippen molar-refractivity contribution >= 4 is 35.0 Å². The summed E-state index contributed by atoms with van der Waals surface area (Å²) in [6.07, 6.45) is 2.53. The van der Waals surface area contributed by atoms with E-state index in [1.54, 1.807) is 25.1 Å². The molecule has 0 spiro atoms. The van der Waals surface area contributed by atoms with Gasteiger partial charge in [-0.15, -0.1) is 0 Å². The van der Waals surface area contributed by atoms with Crippen molar-refractivity contribution in [2.45, 2.75) is 36.6 Å². The molecule has 25 heavy (non-hydrogen) atoms. The van der Waals surface area contributed by atoms with Gasteiger partial charge in [0.1, 0.15) is 5.75 Å². The van der Waals surface area contributed by atoms with Gasteiger partial charge < -0.3 is 15.0 Å². The molecule has 1 aliphatic carbocycles. The van der Waals surface area contributed by atoms with Gasteiger partial charge in [0, 0.05) is 10.6 Å². The normalized spacial score (nSPS) is 14.0. The molecule has 0 radical (unpaired) electrons. The molecule has 0 fully saturated rings. The van der Waals surface area contributed by atoms with E-state index in [9.17, 15) is 9.59 Å². The second-order valence-electron chi connectivity index (χ2n) is 5.74. The third-order valence-electron chi connectivity index (χ3n) is 4.00. The predicted molar refractivity (Wildman–Crippen MR) is 98.8 cm³/mol. The SMILES string of the molecule is COc1ccc(Cl)cc1NC(=O)[C@H](C)Sc1nc2c(c(=O)[nH]1)CCC2. The number of aryl methyl sites for hydroxylation is 1. The lowest BCUT2D eigenvalue weighted by atomic mass is 10.3. The number of hydrogen-bond acceptors (Lipinski definition) is 5. The van der Waals surface area contributed by atoms with Crippen LogP contribution in [0.2, 0.25) is 5.02 Å². The van der Waals surface area contributed by atoms with Gasteiger partial charge in [-0.25, -0.2) is 4.98 Å². The van der Waals surface area contributed by atoms with E-state index in [4.69, 9.17) is 16.3 Å². The Balaban J connectivity index is 1.72. The van der Waals surface area contributed by atoms with E-state index in [1.807, 2.05) is 0 Å². The summed E-state index contributed by atoms with van der Waals surface area (Å²) < 4.78 is 5.23. The number of thioether (sulfide) groups is 1. The molecule has 8 heteroatoms. The maximum Gasteiger partial charge on any atom is 0.254 e. The lowest BCUT2D eigenvalue weighted by Crippen LogP contribution is -2.24. The Morgan fingerprint density at radius 1 is 1.44 bits per heavy atom. The first-order valence-corrected chi connectivity index (χ1v) is 9.17. The number of amides is 1. The molecule has 2 N–H and O–H groups in total. The van der Waals surface area contributed by atoms with Gasteiger partial charge in [0.25, 0.3) is 5.56 Å². The van der Waals surface area contributed by atoms with E-state index >= 15 is 0 Å². The first-order valence-electron chi connectivity index (χ1n) is 7.91. The Kier molecular flexibility index (Phi) is 5.34. The molecule has 1 aromatic heterocycles. The quantitative estimate of drug-likeness (QED) is 0.616. The fourth-order valence-corrected chi connectivity index (χ4v) is 3.70. The first kappa shape index (κ1) is 17.8. The van der Waals surface area contributed by atoms with Crippen LogP contribution in [0.1, 0.15) is 24.6 Å². The Bertz CT molecular complexity index is 869. The zero-order valence-electron chi connectivity index (χ0n) is 13.9. The number of H-pyrrole nitrogens is 1. The largest absolute Gasteiger partial charge is 0.495 e. The molecule has 1 atom stereocenters. The fourth-order valence-electron chi connectivity index (χ4n) is 2.71. The number of halogens is 1. The molecular formula is C17H18ClN3O3S. The van der Waals surface area contributed by atoms with Crippen LogP contribution in [-0.4, -0.2) is 28.2 Å². The average molecular weight is 380 g/mol. The number of ether oxygens (including phenoxy) is 1. The summed E-state index contributed by atoms with van der Waals surface area (Å²) in [7, 11) is 1.52. The number of hydrogen-bond donors (Lipinski definition) is 2. The van der Waals surface area contributed by atoms with Crippen molar-refractivity contribution in [1.82, 2.24) is 9.97 Å². The Morgan fingerprint density at radius 3 is 3.00 bits per heavy atom. The van der Waals surface area contributed by atoms with E-state index < -0.39 is 5.25 Å². The molecule has 0 unspecified atom stereocenters. The summed E-state index contributed by atoms with van der Waals surface area (Å²) in [6, 6.07) is 5.01. The third-order valence-corrected chi connectivity index (χ3v) is 5.22. The molecule has 1 heterocycles. The number of benzene rings is 1. The lowest BCUT2D eigenvalue weighted by Gasteiger charge is -2.14. The molecule has 6 nitrogen and oxygen atoms in total. The number of methoxy groups -OCH3 is 1. The van der Waals surface area contributed by atoms with Crippen LogP contribution in [0.3, 0.4) is 0 Å². The zero-order chi connectivity index (χ0) is 18.0. The monoisotopic (exact) mass is 379 g/mol. The molecule has 132 valence electrons. The number of anilines is 1. The van der Waals surface area contributed by atoms with Crippen molar-refractivity contribution in [3.8, 4) is 5.75 Å². The number of carbonyl (C=O) groups excluding carboxylic acids is 1. The Labute approximate surface area is 154 Å². The highest BCUT2D eigenvalue weighted by atomic mass is 35.5. The minimum Gasteiger partial charge on any atom is -0.495 e. The molecule has 0 aliphatic heterocycles. The van der Waals surface area contributed by atoms with E-state index in [1.165, 1.54) is 18.9 Å². The van der Waals surface area contributed by atoms with Crippen LogP contribution in [0, 0.1) is 0 Å². The van der Waals surface area contributed by atoms with Gasteiger partial charge >= 0.3 is 0 Å². The number of aromatic amines is 1. The number of carbonyl (C=O) groups is 1. The summed E-state index contributed by atoms with van der Waals surface area (Å²) in [5.74, 6) is 0.299.